The van der Waals surface area contributed by atoms with Crippen molar-refractivity contribution in [1.82, 2.24) is 0 Å². The molecular formula is C27H26N2O5. The first-order chi connectivity index (χ1) is 16.5. The van der Waals surface area contributed by atoms with Crippen molar-refractivity contribution in [3.63, 3.8) is 0 Å². The fourth-order valence-electron chi connectivity index (χ4n) is 3.53. The molecule has 0 saturated heterocycles. The average molecular weight is 459 g/mol. The Balaban J connectivity index is 1.66. The van der Waals surface area contributed by atoms with Gasteiger partial charge in [-0.2, -0.15) is 0 Å². The number of ether oxygens (including phenoxy) is 2. The van der Waals surface area contributed by atoms with E-state index in [1.807, 2.05) is 51.1 Å². The normalized spacial score (nSPS) is 10.7. The number of hydrogen-bond acceptors (Lipinski definition) is 5. The van der Waals surface area contributed by atoms with Crippen LogP contribution in [0.15, 0.2) is 71.1 Å². The van der Waals surface area contributed by atoms with Crippen LogP contribution in [0.25, 0.3) is 11.0 Å². The molecule has 0 radical (unpaired) electrons. The van der Waals surface area contributed by atoms with Gasteiger partial charge in [-0.3, -0.25) is 9.59 Å². The summed E-state index contributed by atoms with van der Waals surface area (Å²) in [7, 11) is 0. The summed E-state index contributed by atoms with van der Waals surface area (Å²) in [5.74, 6) is 0.197. The van der Waals surface area contributed by atoms with E-state index < -0.39 is 11.8 Å². The molecule has 4 rings (SSSR count). The summed E-state index contributed by atoms with van der Waals surface area (Å²) >= 11 is 0. The number of anilines is 2. The van der Waals surface area contributed by atoms with E-state index in [1.54, 1.807) is 36.4 Å². The second-order valence-corrected chi connectivity index (χ2v) is 7.60. The number of hydrogen-bond donors (Lipinski definition) is 2. The van der Waals surface area contributed by atoms with Crippen molar-refractivity contribution < 1.29 is 23.5 Å². The number of aryl methyl sites for hydroxylation is 1. The van der Waals surface area contributed by atoms with E-state index in [0.29, 0.717) is 52.6 Å². The molecule has 3 aromatic carbocycles. The third-order valence-electron chi connectivity index (χ3n) is 5.16. The van der Waals surface area contributed by atoms with Crippen LogP contribution in [0.1, 0.15) is 40.3 Å². The lowest BCUT2D eigenvalue weighted by Crippen LogP contribution is -2.17. The quantitative estimate of drug-likeness (QED) is 0.336. The highest BCUT2D eigenvalue weighted by molar-refractivity contribution is 6.17. The van der Waals surface area contributed by atoms with Gasteiger partial charge in [0.05, 0.1) is 13.2 Å². The number of furan rings is 1. The van der Waals surface area contributed by atoms with Gasteiger partial charge in [-0.05, 0) is 63.2 Å². The number of carbonyl (C=O) groups excluding carboxylic acids is 2. The summed E-state index contributed by atoms with van der Waals surface area (Å²) < 4.78 is 17.0. The zero-order valence-electron chi connectivity index (χ0n) is 19.3. The Morgan fingerprint density at radius 1 is 0.824 bits per heavy atom. The fourth-order valence-corrected chi connectivity index (χ4v) is 3.53. The molecule has 0 atom stereocenters. The van der Waals surface area contributed by atoms with Crippen LogP contribution in [0.4, 0.5) is 11.4 Å². The monoisotopic (exact) mass is 458 g/mol. The van der Waals surface area contributed by atoms with E-state index >= 15 is 0 Å². The first-order valence-corrected chi connectivity index (χ1v) is 11.1. The Kier molecular flexibility index (Phi) is 6.82. The third kappa shape index (κ3) is 4.88. The van der Waals surface area contributed by atoms with Crippen LogP contribution < -0.4 is 20.1 Å². The van der Waals surface area contributed by atoms with E-state index in [-0.39, 0.29) is 5.76 Å². The lowest BCUT2D eigenvalue weighted by molar-refractivity contribution is 0.0999. The number of rotatable bonds is 8. The van der Waals surface area contributed by atoms with E-state index in [4.69, 9.17) is 13.9 Å². The molecule has 0 fully saturated rings. The first kappa shape index (κ1) is 22.9. The second-order valence-electron chi connectivity index (χ2n) is 7.60. The molecule has 0 aliphatic rings. The predicted molar refractivity (Wildman–Crippen MR) is 132 cm³/mol. The Bertz CT molecular complexity index is 1320. The van der Waals surface area contributed by atoms with Gasteiger partial charge in [0, 0.05) is 16.6 Å². The van der Waals surface area contributed by atoms with Gasteiger partial charge >= 0.3 is 0 Å². The zero-order valence-corrected chi connectivity index (χ0v) is 19.3. The highest BCUT2D eigenvalue weighted by atomic mass is 16.5. The summed E-state index contributed by atoms with van der Waals surface area (Å²) in [6, 6.07) is 19.6. The number of benzene rings is 3. The molecule has 7 heteroatoms. The largest absolute Gasteiger partial charge is 0.490 e. The minimum atomic E-state index is -0.461. The molecule has 7 nitrogen and oxygen atoms in total. The van der Waals surface area contributed by atoms with Crippen LogP contribution in [-0.4, -0.2) is 25.0 Å². The molecule has 0 bridgehead atoms. The van der Waals surface area contributed by atoms with Crippen molar-refractivity contribution in [2.75, 3.05) is 23.8 Å². The van der Waals surface area contributed by atoms with Crippen LogP contribution in [0.2, 0.25) is 0 Å². The molecule has 0 aliphatic heterocycles. The molecule has 1 heterocycles. The average Bonchev–Trinajstić information content (AvgIpc) is 3.20. The first-order valence-electron chi connectivity index (χ1n) is 11.1. The highest BCUT2D eigenvalue weighted by Gasteiger charge is 2.23. The molecule has 2 amide bonds. The van der Waals surface area contributed by atoms with Crippen molar-refractivity contribution in [2.24, 2.45) is 0 Å². The minimum absolute atomic E-state index is 0.0195. The smallest absolute Gasteiger partial charge is 0.293 e. The second kappa shape index (κ2) is 10.1. The van der Waals surface area contributed by atoms with Gasteiger partial charge in [-0.25, -0.2) is 0 Å². The maximum Gasteiger partial charge on any atom is 0.293 e. The van der Waals surface area contributed by atoms with Crippen molar-refractivity contribution in [3.8, 4) is 11.5 Å². The maximum absolute atomic E-state index is 13.2. The van der Waals surface area contributed by atoms with Gasteiger partial charge in [-0.15, -0.1) is 0 Å². The fraction of sp³-hybridized carbons (Fsp3) is 0.185. The number of para-hydroxylation sites is 1. The molecule has 1 aromatic heterocycles. The third-order valence-corrected chi connectivity index (χ3v) is 5.16. The number of fused-ring (bicyclic) bond motifs is 1. The van der Waals surface area contributed by atoms with Gasteiger partial charge < -0.3 is 24.5 Å². The summed E-state index contributed by atoms with van der Waals surface area (Å²) in [5, 5.41) is 6.31. The lowest BCUT2D eigenvalue weighted by Gasteiger charge is -2.12. The van der Waals surface area contributed by atoms with Crippen LogP contribution in [0.5, 0.6) is 11.5 Å². The van der Waals surface area contributed by atoms with Crippen LogP contribution in [0.3, 0.4) is 0 Å². The molecule has 0 unspecified atom stereocenters. The standard InChI is InChI=1S/C27H26N2O5/c1-4-32-22-15-12-18(16-23(22)33-5-2)26(30)29-24-20-8-6-7-9-21(20)34-25(24)27(31)28-19-13-10-17(3)11-14-19/h6-16H,4-5H2,1-3H3,(H,28,31)(H,29,30). The number of amides is 2. The van der Waals surface area contributed by atoms with E-state index in [9.17, 15) is 9.59 Å². The molecule has 0 aliphatic carbocycles. The van der Waals surface area contributed by atoms with Gasteiger partial charge in [0.15, 0.2) is 11.5 Å². The van der Waals surface area contributed by atoms with E-state index in [0.717, 1.165) is 5.56 Å². The van der Waals surface area contributed by atoms with Crippen molar-refractivity contribution in [2.45, 2.75) is 20.8 Å². The van der Waals surface area contributed by atoms with E-state index in [2.05, 4.69) is 10.6 Å². The van der Waals surface area contributed by atoms with Crippen molar-refractivity contribution in [3.05, 3.63) is 83.6 Å². The Labute approximate surface area is 197 Å². The van der Waals surface area contributed by atoms with Crippen LogP contribution in [-0.2, 0) is 0 Å². The van der Waals surface area contributed by atoms with Gasteiger partial charge in [0.2, 0.25) is 5.76 Å². The minimum Gasteiger partial charge on any atom is -0.490 e. The highest BCUT2D eigenvalue weighted by Crippen LogP contribution is 2.33. The lowest BCUT2D eigenvalue weighted by atomic mass is 10.1. The van der Waals surface area contributed by atoms with Gasteiger partial charge in [0.1, 0.15) is 11.3 Å². The van der Waals surface area contributed by atoms with Gasteiger partial charge in [0.25, 0.3) is 11.8 Å². The molecule has 4 aromatic rings. The molecule has 0 spiro atoms. The Hall–Kier alpha value is -4.26. The zero-order chi connectivity index (χ0) is 24.1. The summed E-state index contributed by atoms with van der Waals surface area (Å²) in [6.07, 6.45) is 0. The molecule has 174 valence electrons. The molecule has 2 N–H and O–H groups in total. The summed E-state index contributed by atoms with van der Waals surface area (Å²) in [5.41, 5.74) is 2.87. The molecule has 0 saturated carbocycles. The van der Waals surface area contributed by atoms with Crippen LogP contribution in [0, 0.1) is 6.92 Å². The molecular weight excluding hydrogens is 432 g/mol. The van der Waals surface area contributed by atoms with Crippen LogP contribution >= 0.6 is 0 Å². The maximum atomic E-state index is 13.2. The topological polar surface area (TPSA) is 89.8 Å². The molecule has 34 heavy (non-hydrogen) atoms. The van der Waals surface area contributed by atoms with Gasteiger partial charge in [-0.1, -0.05) is 29.8 Å². The summed E-state index contributed by atoms with van der Waals surface area (Å²) in [4.78, 5) is 26.2. The SMILES string of the molecule is CCOc1ccc(C(=O)Nc2c(C(=O)Nc3ccc(C)cc3)oc3ccccc23)cc1OCC. The number of nitrogens with one attached hydrogen (secondary N) is 2. The Morgan fingerprint density at radius 3 is 2.26 bits per heavy atom. The summed E-state index contributed by atoms with van der Waals surface area (Å²) in [6.45, 7) is 6.62. The number of carbonyl (C=O) groups is 2. The Morgan fingerprint density at radius 2 is 1.53 bits per heavy atom. The predicted octanol–water partition coefficient (Wildman–Crippen LogP) is 6.04. The van der Waals surface area contributed by atoms with E-state index in [1.165, 1.54) is 0 Å². The van der Waals surface area contributed by atoms with Crippen molar-refractivity contribution >= 4 is 34.2 Å². The van der Waals surface area contributed by atoms with Crippen molar-refractivity contribution in [1.29, 1.82) is 0 Å².